The van der Waals surface area contributed by atoms with Crippen LogP contribution in [0.5, 0.6) is 5.75 Å². The first kappa shape index (κ1) is 16.9. The number of anilines is 1. The lowest BCUT2D eigenvalue weighted by molar-refractivity contribution is -0.153. The molecule has 7 heteroatoms. The lowest BCUT2D eigenvalue weighted by atomic mass is 9.89. The molecule has 0 amide bonds. The van der Waals surface area contributed by atoms with Gasteiger partial charge in [0, 0.05) is 25.7 Å². The molecule has 1 fully saturated rings. The molecule has 0 spiro atoms. The van der Waals surface area contributed by atoms with E-state index in [1.165, 1.54) is 0 Å². The lowest BCUT2D eigenvalue weighted by Crippen LogP contribution is -2.44. The van der Waals surface area contributed by atoms with Crippen LogP contribution in [-0.2, 0) is 0 Å². The molecule has 1 heterocycles. The van der Waals surface area contributed by atoms with Crippen LogP contribution in [0.15, 0.2) is 24.3 Å². The zero-order valence-corrected chi connectivity index (χ0v) is 12.4. The third-order valence-corrected chi connectivity index (χ3v) is 4.01. The van der Waals surface area contributed by atoms with Crippen molar-refractivity contribution in [2.24, 2.45) is 17.4 Å². The predicted octanol–water partition coefficient (Wildman–Crippen LogP) is 2.13. The Kier molecular flexibility index (Phi) is 5.52. The van der Waals surface area contributed by atoms with E-state index in [2.05, 4.69) is 0 Å². The highest BCUT2D eigenvalue weighted by atomic mass is 19.4. The topological polar surface area (TPSA) is 64.5 Å². The summed E-state index contributed by atoms with van der Waals surface area (Å²) in [4.78, 5) is 2.05. The van der Waals surface area contributed by atoms with Gasteiger partial charge in [-0.15, -0.1) is 0 Å². The first-order chi connectivity index (χ1) is 10.4. The molecule has 0 aromatic heterocycles. The zero-order valence-electron chi connectivity index (χ0n) is 12.4. The Labute approximate surface area is 128 Å². The van der Waals surface area contributed by atoms with Crippen molar-refractivity contribution >= 4 is 5.69 Å². The van der Waals surface area contributed by atoms with Gasteiger partial charge in [0.2, 0.25) is 0 Å². The van der Waals surface area contributed by atoms with Crippen LogP contribution >= 0.6 is 0 Å². The van der Waals surface area contributed by atoms with Gasteiger partial charge in [-0.05, 0) is 30.9 Å². The maximum atomic E-state index is 12.3. The summed E-state index contributed by atoms with van der Waals surface area (Å²) in [6.45, 7) is 0.657. The highest BCUT2D eigenvalue weighted by molar-refractivity contribution is 5.58. The minimum atomic E-state index is -4.34. The van der Waals surface area contributed by atoms with Crippen LogP contribution in [0.2, 0.25) is 0 Å². The molecule has 4 N–H and O–H groups in total. The number of halogens is 3. The van der Waals surface area contributed by atoms with E-state index in [9.17, 15) is 13.2 Å². The average molecular weight is 317 g/mol. The number of nitrogens with zero attached hydrogens (tertiary/aromatic N) is 1. The Balaban J connectivity index is 2.01. The number of hydrogen-bond acceptors (Lipinski definition) is 4. The van der Waals surface area contributed by atoms with Crippen molar-refractivity contribution in [2.45, 2.75) is 25.1 Å². The number of nitrogens with two attached hydrogens (primary N) is 2. The van der Waals surface area contributed by atoms with E-state index in [4.69, 9.17) is 16.2 Å². The second-order valence-corrected chi connectivity index (χ2v) is 5.60. The maximum Gasteiger partial charge on any atom is 0.422 e. The van der Waals surface area contributed by atoms with E-state index in [0.29, 0.717) is 18.2 Å². The van der Waals surface area contributed by atoms with Gasteiger partial charge in [-0.2, -0.15) is 13.2 Å². The van der Waals surface area contributed by atoms with E-state index in [-0.39, 0.29) is 11.8 Å². The zero-order chi connectivity index (χ0) is 16.2. The Morgan fingerprint density at radius 3 is 2.45 bits per heavy atom. The monoisotopic (exact) mass is 317 g/mol. The molecule has 4 nitrogen and oxygen atoms in total. The van der Waals surface area contributed by atoms with E-state index in [1.807, 2.05) is 4.90 Å². The molecular formula is C15H22F3N3O. The van der Waals surface area contributed by atoms with E-state index >= 15 is 0 Å². The van der Waals surface area contributed by atoms with Crippen molar-refractivity contribution in [3.05, 3.63) is 24.3 Å². The van der Waals surface area contributed by atoms with Crippen molar-refractivity contribution in [2.75, 3.05) is 31.1 Å². The summed E-state index contributed by atoms with van der Waals surface area (Å²) in [6.07, 6.45) is -2.58. The van der Waals surface area contributed by atoms with Crippen LogP contribution < -0.4 is 21.1 Å². The maximum absolute atomic E-state index is 12.3. The second kappa shape index (κ2) is 7.19. The molecule has 1 unspecified atom stereocenters. The largest absolute Gasteiger partial charge is 0.482 e. The molecule has 0 saturated carbocycles. The number of hydrogen-bond donors (Lipinski definition) is 2. The quantitative estimate of drug-likeness (QED) is 0.873. The van der Waals surface area contributed by atoms with Crippen LogP contribution in [0, 0.1) is 5.92 Å². The summed E-state index contributed by atoms with van der Waals surface area (Å²) in [6, 6.07) is 6.81. The Morgan fingerprint density at radius 1 is 1.23 bits per heavy atom. The van der Waals surface area contributed by atoms with Gasteiger partial charge >= 0.3 is 6.18 Å². The summed E-state index contributed by atoms with van der Waals surface area (Å²) in [7, 11) is 0. The van der Waals surface area contributed by atoms with Crippen LogP contribution in [0.4, 0.5) is 18.9 Å². The molecule has 2 rings (SSSR count). The smallest absolute Gasteiger partial charge is 0.422 e. The molecule has 1 aromatic carbocycles. The number of rotatable bonds is 5. The van der Waals surface area contributed by atoms with Gasteiger partial charge in [0.05, 0.1) is 5.69 Å². The van der Waals surface area contributed by atoms with Gasteiger partial charge < -0.3 is 21.1 Å². The van der Waals surface area contributed by atoms with Crippen LogP contribution in [0.25, 0.3) is 0 Å². The van der Waals surface area contributed by atoms with Crippen molar-refractivity contribution in [3.8, 4) is 5.75 Å². The first-order valence-electron chi connectivity index (χ1n) is 7.40. The highest BCUT2D eigenvalue weighted by Crippen LogP contribution is 2.33. The highest BCUT2D eigenvalue weighted by Gasteiger charge is 2.30. The molecule has 1 aliphatic rings. The number of piperidine rings is 1. The SMILES string of the molecule is NCC(N)C1CCN(c2ccccc2OCC(F)(F)F)CC1. The number of alkyl halides is 3. The molecule has 0 aliphatic carbocycles. The van der Waals surface area contributed by atoms with Gasteiger partial charge in [-0.25, -0.2) is 0 Å². The second-order valence-electron chi connectivity index (χ2n) is 5.60. The summed E-state index contributed by atoms with van der Waals surface area (Å²) < 4.78 is 41.9. The van der Waals surface area contributed by atoms with Gasteiger partial charge in [0.15, 0.2) is 6.61 Å². The van der Waals surface area contributed by atoms with Gasteiger partial charge in [0.25, 0.3) is 0 Å². The first-order valence-corrected chi connectivity index (χ1v) is 7.40. The summed E-state index contributed by atoms with van der Waals surface area (Å²) in [5.74, 6) is 0.630. The molecule has 0 radical (unpaired) electrons. The van der Waals surface area contributed by atoms with Crippen molar-refractivity contribution in [1.82, 2.24) is 0 Å². The van der Waals surface area contributed by atoms with Crippen molar-refractivity contribution in [3.63, 3.8) is 0 Å². The summed E-state index contributed by atoms with van der Waals surface area (Å²) >= 11 is 0. The molecular weight excluding hydrogens is 295 g/mol. The Morgan fingerprint density at radius 2 is 1.86 bits per heavy atom. The minimum absolute atomic E-state index is 0.0149. The fourth-order valence-electron chi connectivity index (χ4n) is 2.76. The molecule has 0 bridgehead atoms. The van der Waals surface area contributed by atoms with Crippen molar-refractivity contribution < 1.29 is 17.9 Å². The minimum Gasteiger partial charge on any atom is -0.482 e. The fourth-order valence-corrected chi connectivity index (χ4v) is 2.76. The van der Waals surface area contributed by atoms with E-state index < -0.39 is 12.8 Å². The van der Waals surface area contributed by atoms with Crippen LogP contribution in [0.3, 0.4) is 0 Å². The molecule has 1 aliphatic heterocycles. The third kappa shape index (κ3) is 4.51. The number of para-hydroxylation sites is 2. The van der Waals surface area contributed by atoms with E-state index in [0.717, 1.165) is 25.9 Å². The predicted molar refractivity (Wildman–Crippen MR) is 80.0 cm³/mol. The van der Waals surface area contributed by atoms with Crippen molar-refractivity contribution in [1.29, 1.82) is 0 Å². The lowest BCUT2D eigenvalue weighted by Gasteiger charge is -2.36. The standard InChI is InChI=1S/C15H22F3N3O/c16-15(17,18)10-22-14-4-2-1-3-13(14)21-7-5-11(6-8-21)12(20)9-19/h1-4,11-12H,5-10,19-20H2. The molecule has 1 saturated heterocycles. The average Bonchev–Trinajstić information content (AvgIpc) is 2.52. The Hall–Kier alpha value is -1.47. The third-order valence-electron chi connectivity index (χ3n) is 4.01. The fraction of sp³-hybridized carbons (Fsp3) is 0.600. The normalized spacial score (nSPS) is 18.3. The Bertz CT molecular complexity index is 473. The summed E-state index contributed by atoms with van der Waals surface area (Å²) in [5.41, 5.74) is 12.3. The van der Waals surface area contributed by atoms with Gasteiger partial charge in [-0.1, -0.05) is 12.1 Å². The number of benzene rings is 1. The van der Waals surface area contributed by atoms with Crippen LogP contribution in [0.1, 0.15) is 12.8 Å². The molecule has 124 valence electrons. The van der Waals surface area contributed by atoms with Crippen LogP contribution in [-0.4, -0.2) is 38.5 Å². The van der Waals surface area contributed by atoms with Gasteiger partial charge in [-0.3, -0.25) is 0 Å². The van der Waals surface area contributed by atoms with Gasteiger partial charge in [0.1, 0.15) is 5.75 Å². The summed E-state index contributed by atoms with van der Waals surface area (Å²) in [5, 5.41) is 0. The molecule has 1 aromatic rings. The molecule has 1 atom stereocenters. The van der Waals surface area contributed by atoms with E-state index in [1.54, 1.807) is 24.3 Å². The number of ether oxygens (including phenoxy) is 1. The molecule has 22 heavy (non-hydrogen) atoms.